The van der Waals surface area contributed by atoms with Crippen molar-refractivity contribution in [2.45, 2.75) is 0 Å². The van der Waals surface area contributed by atoms with Gasteiger partial charge in [0.1, 0.15) is 0 Å². The molecule has 0 nitrogen and oxygen atoms in total. The van der Waals surface area contributed by atoms with Gasteiger partial charge in [-0.1, -0.05) is 182 Å². The summed E-state index contributed by atoms with van der Waals surface area (Å²) in [5.74, 6) is 0. The minimum absolute atomic E-state index is 1.21. The van der Waals surface area contributed by atoms with E-state index in [2.05, 4.69) is 194 Å². The van der Waals surface area contributed by atoms with Crippen molar-refractivity contribution in [2.75, 3.05) is 0 Å². The zero-order valence-electron chi connectivity index (χ0n) is 26.5. The molecule has 0 saturated carbocycles. The van der Waals surface area contributed by atoms with Gasteiger partial charge in [0, 0.05) is 0 Å². The monoisotopic (exact) mass is 608 g/mol. The van der Waals surface area contributed by atoms with Crippen LogP contribution < -0.4 is 0 Å². The van der Waals surface area contributed by atoms with E-state index in [1.807, 2.05) is 0 Å². The molecule has 0 atom stereocenters. The van der Waals surface area contributed by atoms with Crippen molar-refractivity contribution in [1.29, 1.82) is 0 Å². The molecule has 0 N–H and O–H groups in total. The zero-order valence-corrected chi connectivity index (χ0v) is 26.5. The van der Waals surface area contributed by atoms with Crippen LogP contribution in [0.2, 0.25) is 0 Å². The first kappa shape index (κ1) is 28.0. The average Bonchev–Trinajstić information content (AvgIpc) is 3.17. The summed E-state index contributed by atoms with van der Waals surface area (Å²) in [6.45, 7) is 0. The molecule has 48 heavy (non-hydrogen) atoms. The molecular formula is C48H32. The molecule has 0 heteroatoms. The standard InChI is InChI=1S/C48H32/c1-2-15-33(16-3-1)36-19-14-20-37(31-36)39-21-6-7-22-40(39)41-23-8-9-24-42(41)48-45-27-12-10-25-43(45)47(44-26-11-13-28-46(44)48)38-30-29-34-17-4-5-18-35(34)32-38/h1-32H. The van der Waals surface area contributed by atoms with Gasteiger partial charge in [-0.2, -0.15) is 0 Å². The van der Waals surface area contributed by atoms with Crippen LogP contribution in [0.1, 0.15) is 0 Å². The molecule has 0 saturated heterocycles. The fraction of sp³-hybridized carbons (Fsp3) is 0. The van der Waals surface area contributed by atoms with Gasteiger partial charge < -0.3 is 0 Å². The predicted molar refractivity (Wildman–Crippen MR) is 206 cm³/mol. The zero-order chi connectivity index (χ0) is 31.9. The first-order valence-electron chi connectivity index (χ1n) is 16.6. The van der Waals surface area contributed by atoms with Crippen LogP contribution in [0, 0.1) is 0 Å². The fourth-order valence-corrected chi connectivity index (χ4v) is 7.48. The summed E-state index contributed by atoms with van der Waals surface area (Å²) >= 11 is 0. The number of rotatable bonds is 5. The Morgan fingerprint density at radius 1 is 0.208 bits per heavy atom. The molecular weight excluding hydrogens is 577 g/mol. The predicted octanol–water partition coefficient (Wildman–Crippen LogP) is 13.5. The Morgan fingerprint density at radius 3 is 1.38 bits per heavy atom. The van der Waals surface area contributed by atoms with E-state index in [4.69, 9.17) is 0 Å². The maximum absolute atomic E-state index is 2.34. The van der Waals surface area contributed by atoms with E-state index in [0.29, 0.717) is 0 Å². The number of benzene rings is 9. The van der Waals surface area contributed by atoms with Crippen molar-refractivity contribution in [3.63, 3.8) is 0 Å². The summed E-state index contributed by atoms with van der Waals surface area (Å²) in [6, 6.07) is 70.7. The molecule has 9 rings (SSSR count). The highest BCUT2D eigenvalue weighted by molar-refractivity contribution is 6.22. The molecule has 9 aromatic rings. The highest BCUT2D eigenvalue weighted by atomic mass is 14.2. The lowest BCUT2D eigenvalue weighted by atomic mass is 9.82. The van der Waals surface area contributed by atoms with Crippen LogP contribution in [0.5, 0.6) is 0 Å². The van der Waals surface area contributed by atoms with Crippen LogP contribution >= 0.6 is 0 Å². The van der Waals surface area contributed by atoms with E-state index >= 15 is 0 Å². The highest BCUT2D eigenvalue weighted by Gasteiger charge is 2.20. The number of fused-ring (bicyclic) bond motifs is 3. The van der Waals surface area contributed by atoms with Gasteiger partial charge in [0.15, 0.2) is 0 Å². The Labute approximate surface area is 281 Å². The molecule has 0 aliphatic carbocycles. The van der Waals surface area contributed by atoms with Gasteiger partial charge in [-0.15, -0.1) is 0 Å². The minimum Gasteiger partial charge on any atom is -0.0622 e. The topological polar surface area (TPSA) is 0 Å². The summed E-state index contributed by atoms with van der Waals surface area (Å²) < 4.78 is 0. The van der Waals surface area contributed by atoms with Crippen molar-refractivity contribution in [3.8, 4) is 55.6 Å². The molecule has 0 bridgehead atoms. The Bertz CT molecular complexity index is 2550. The summed E-state index contributed by atoms with van der Waals surface area (Å²) in [7, 11) is 0. The third kappa shape index (κ3) is 4.78. The van der Waals surface area contributed by atoms with Crippen LogP contribution in [0.15, 0.2) is 194 Å². The normalized spacial score (nSPS) is 11.3. The van der Waals surface area contributed by atoms with Gasteiger partial charge >= 0.3 is 0 Å². The summed E-state index contributed by atoms with van der Waals surface area (Å²) in [5.41, 5.74) is 12.4. The van der Waals surface area contributed by atoms with Crippen molar-refractivity contribution in [2.24, 2.45) is 0 Å². The summed E-state index contributed by atoms with van der Waals surface area (Å²) in [4.78, 5) is 0. The van der Waals surface area contributed by atoms with Gasteiger partial charge in [-0.05, 0) is 100 Å². The van der Waals surface area contributed by atoms with Crippen LogP contribution in [-0.2, 0) is 0 Å². The van der Waals surface area contributed by atoms with Crippen molar-refractivity contribution < 1.29 is 0 Å². The van der Waals surface area contributed by atoms with Gasteiger partial charge in [0.25, 0.3) is 0 Å². The molecule has 0 aliphatic heterocycles. The van der Waals surface area contributed by atoms with Crippen LogP contribution in [0.25, 0.3) is 88.0 Å². The smallest absolute Gasteiger partial charge is 0.00201 e. The maximum atomic E-state index is 2.34. The van der Waals surface area contributed by atoms with Crippen LogP contribution in [-0.4, -0.2) is 0 Å². The second-order valence-corrected chi connectivity index (χ2v) is 12.4. The molecule has 0 spiro atoms. The largest absolute Gasteiger partial charge is 0.0622 e. The Hall–Kier alpha value is -6.24. The Morgan fingerprint density at radius 2 is 0.688 bits per heavy atom. The highest BCUT2D eigenvalue weighted by Crippen LogP contribution is 2.47. The average molecular weight is 609 g/mol. The van der Waals surface area contributed by atoms with Gasteiger partial charge in [0.05, 0.1) is 0 Å². The van der Waals surface area contributed by atoms with Gasteiger partial charge in [0.2, 0.25) is 0 Å². The molecule has 0 amide bonds. The fourth-order valence-electron chi connectivity index (χ4n) is 7.48. The van der Waals surface area contributed by atoms with E-state index in [-0.39, 0.29) is 0 Å². The van der Waals surface area contributed by atoms with E-state index < -0.39 is 0 Å². The third-order valence-corrected chi connectivity index (χ3v) is 9.66. The minimum atomic E-state index is 1.21. The number of hydrogen-bond donors (Lipinski definition) is 0. The molecule has 9 aromatic carbocycles. The molecule has 0 radical (unpaired) electrons. The number of hydrogen-bond acceptors (Lipinski definition) is 0. The summed E-state index contributed by atoms with van der Waals surface area (Å²) in [6.07, 6.45) is 0. The lowest BCUT2D eigenvalue weighted by molar-refractivity contribution is 1.56. The molecule has 0 unspecified atom stereocenters. The van der Waals surface area contributed by atoms with Crippen LogP contribution in [0.4, 0.5) is 0 Å². The lowest BCUT2D eigenvalue weighted by Gasteiger charge is -2.21. The molecule has 0 aromatic heterocycles. The van der Waals surface area contributed by atoms with E-state index in [0.717, 1.165) is 0 Å². The molecule has 0 aliphatic rings. The second-order valence-electron chi connectivity index (χ2n) is 12.4. The Balaban J connectivity index is 1.29. The van der Waals surface area contributed by atoms with Crippen molar-refractivity contribution >= 4 is 32.3 Å². The first-order chi connectivity index (χ1) is 23.8. The summed E-state index contributed by atoms with van der Waals surface area (Å²) in [5, 5.41) is 7.56. The van der Waals surface area contributed by atoms with Gasteiger partial charge in [-0.25, -0.2) is 0 Å². The van der Waals surface area contributed by atoms with E-state index in [1.165, 1.54) is 88.0 Å². The third-order valence-electron chi connectivity index (χ3n) is 9.66. The quantitative estimate of drug-likeness (QED) is 0.171. The van der Waals surface area contributed by atoms with E-state index in [9.17, 15) is 0 Å². The second kappa shape index (κ2) is 11.8. The SMILES string of the molecule is c1ccc(-c2cccc(-c3ccccc3-c3ccccc3-c3c4ccccc4c(-c4ccc5ccccc5c4)c4ccccc34)c2)cc1. The van der Waals surface area contributed by atoms with Crippen LogP contribution in [0.3, 0.4) is 0 Å². The Kier molecular flexibility index (Phi) is 6.91. The van der Waals surface area contributed by atoms with E-state index in [1.54, 1.807) is 0 Å². The molecule has 0 fully saturated rings. The first-order valence-corrected chi connectivity index (χ1v) is 16.6. The van der Waals surface area contributed by atoms with Gasteiger partial charge in [-0.3, -0.25) is 0 Å². The molecule has 224 valence electrons. The lowest BCUT2D eigenvalue weighted by Crippen LogP contribution is -1.94. The van der Waals surface area contributed by atoms with Crippen molar-refractivity contribution in [1.82, 2.24) is 0 Å². The molecule has 0 heterocycles. The van der Waals surface area contributed by atoms with Crippen molar-refractivity contribution in [3.05, 3.63) is 194 Å². The maximum Gasteiger partial charge on any atom is -0.00201 e.